The van der Waals surface area contributed by atoms with Gasteiger partial charge in [-0.3, -0.25) is 14.4 Å². The Morgan fingerprint density at radius 3 is 2.83 bits per heavy atom. The van der Waals surface area contributed by atoms with E-state index >= 15 is 0 Å². The first-order valence-electron chi connectivity index (χ1n) is 9.15. The second kappa shape index (κ2) is 7.03. The summed E-state index contributed by atoms with van der Waals surface area (Å²) in [5, 5.41) is 11.3. The van der Waals surface area contributed by atoms with E-state index in [0.717, 1.165) is 23.5 Å². The van der Waals surface area contributed by atoms with Crippen LogP contribution in [0.4, 0.5) is 8.78 Å². The highest BCUT2D eigenvalue weighted by molar-refractivity contribution is 7.13. The van der Waals surface area contributed by atoms with E-state index in [1.54, 1.807) is 4.90 Å². The predicted octanol–water partition coefficient (Wildman–Crippen LogP) is 0.468. The summed E-state index contributed by atoms with van der Waals surface area (Å²) in [6.45, 7) is 0.648. The Bertz CT molecular complexity index is 1120. The van der Waals surface area contributed by atoms with Crippen LogP contribution in [0.3, 0.4) is 0 Å². The van der Waals surface area contributed by atoms with Gasteiger partial charge in [0.15, 0.2) is 11.0 Å². The average molecular weight is 432 g/mol. The number of Topliss-reactive ketones (excluding diaryl/α,β-unsaturated/α-hetero) is 2. The van der Waals surface area contributed by atoms with Gasteiger partial charge in [0.05, 0.1) is 30.9 Å². The number of aromatic nitrogens is 2. The maximum absolute atomic E-state index is 13.9. The van der Waals surface area contributed by atoms with Crippen LogP contribution in [0.5, 0.6) is 0 Å². The van der Waals surface area contributed by atoms with Crippen LogP contribution in [-0.4, -0.2) is 63.9 Å². The summed E-state index contributed by atoms with van der Waals surface area (Å²) in [4.78, 5) is 39.2. The number of benzene rings is 1. The molecular weight excluding hydrogens is 418 g/mol. The third-order valence-corrected chi connectivity index (χ3v) is 6.31. The standard InChI is InChI=1S/C19H14F2N4O4S/c20-9-2-1-8(11(21)4-9)3-14-23-24-19(30-14)10-5-25-13-7-29-6-12(13)22-18(28)15(25)17(27)16(10)26/h1-2,4-5,12-13,15H,3,6-7H2,(H,22,28)/t12-,13+,15?/m0/s1. The molecule has 0 spiro atoms. The lowest BCUT2D eigenvalue weighted by Crippen LogP contribution is -2.67. The number of carbonyl (C=O) groups excluding carboxylic acids is 3. The average Bonchev–Trinajstić information content (AvgIpc) is 3.36. The number of nitrogens with one attached hydrogen (secondary N) is 1. The van der Waals surface area contributed by atoms with Crippen LogP contribution < -0.4 is 5.32 Å². The van der Waals surface area contributed by atoms with Crippen LogP contribution in [0.25, 0.3) is 5.57 Å². The molecule has 0 radical (unpaired) electrons. The number of allylic oxidation sites excluding steroid dienone is 1. The normalized spacial score (nSPS) is 25.7. The van der Waals surface area contributed by atoms with Crippen LogP contribution in [0, 0.1) is 11.6 Å². The zero-order valence-corrected chi connectivity index (χ0v) is 16.1. The third-order valence-electron chi connectivity index (χ3n) is 5.36. The van der Waals surface area contributed by atoms with Gasteiger partial charge in [0, 0.05) is 18.7 Å². The highest BCUT2D eigenvalue weighted by atomic mass is 32.1. The van der Waals surface area contributed by atoms with Crippen LogP contribution >= 0.6 is 11.3 Å². The Hall–Kier alpha value is -3.05. The number of rotatable bonds is 3. The minimum Gasteiger partial charge on any atom is -0.377 e. The van der Waals surface area contributed by atoms with Gasteiger partial charge in [-0.1, -0.05) is 17.4 Å². The van der Waals surface area contributed by atoms with Gasteiger partial charge in [-0.15, -0.1) is 10.2 Å². The maximum Gasteiger partial charge on any atom is 0.251 e. The van der Waals surface area contributed by atoms with Gasteiger partial charge in [-0.25, -0.2) is 8.78 Å². The summed E-state index contributed by atoms with van der Waals surface area (Å²) in [7, 11) is 0. The van der Waals surface area contributed by atoms with Crippen molar-refractivity contribution in [3.63, 3.8) is 0 Å². The number of halogens is 2. The van der Waals surface area contributed by atoms with Crippen molar-refractivity contribution < 1.29 is 27.9 Å². The molecule has 1 N–H and O–H groups in total. The molecule has 154 valence electrons. The molecule has 2 aromatic rings. The van der Waals surface area contributed by atoms with Gasteiger partial charge < -0.3 is 15.0 Å². The second-order valence-electron chi connectivity index (χ2n) is 7.22. The predicted molar refractivity (Wildman–Crippen MR) is 99.2 cm³/mol. The van der Waals surface area contributed by atoms with Gasteiger partial charge in [-0.05, 0) is 11.6 Å². The fourth-order valence-electron chi connectivity index (χ4n) is 3.87. The Morgan fingerprint density at radius 1 is 1.20 bits per heavy atom. The SMILES string of the molecule is O=C1C(=O)C2C(=O)N[C@H]3COC[C@H]3N2C=C1c1nnc(Cc2ccc(F)cc2F)s1. The lowest BCUT2D eigenvalue weighted by Gasteiger charge is -2.42. The first-order valence-corrected chi connectivity index (χ1v) is 9.96. The van der Waals surface area contributed by atoms with Crippen molar-refractivity contribution in [2.45, 2.75) is 24.5 Å². The first-order chi connectivity index (χ1) is 14.4. The number of fused-ring (bicyclic) bond motifs is 3. The number of ketones is 2. The smallest absolute Gasteiger partial charge is 0.251 e. The molecule has 1 amide bonds. The van der Waals surface area contributed by atoms with E-state index in [9.17, 15) is 23.2 Å². The van der Waals surface area contributed by atoms with E-state index in [2.05, 4.69) is 15.5 Å². The molecule has 0 aliphatic carbocycles. The zero-order valence-electron chi connectivity index (χ0n) is 15.3. The monoisotopic (exact) mass is 432 g/mol. The lowest BCUT2D eigenvalue weighted by atomic mass is 9.91. The first kappa shape index (κ1) is 18.9. The Balaban J connectivity index is 1.46. The summed E-state index contributed by atoms with van der Waals surface area (Å²) in [5.74, 6) is -3.57. The molecule has 1 aromatic heterocycles. The Labute approximate surface area is 172 Å². The number of amides is 1. The van der Waals surface area contributed by atoms with Crippen LogP contribution in [0.15, 0.2) is 24.4 Å². The van der Waals surface area contributed by atoms with Gasteiger partial charge in [-0.2, -0.15) is 0 Å². The van der Waals surface area contributed by atoms with E-state index in [1.807, 2.05) is 0 Å². The van der Waals surface area contributed by atoms with E-state index < -0.39 is 35.1 Å². The molecule has 1 aromatic carbocycles. The van der Waals surface area contributed by atoms with Crippen LogP contribution in [0.1, 0.15) is 15.6 Å². The van der Waals surface area contributed by atoms with Crippen LogP contribution in [0.2, 0.25) is 0 Å². The zero-order chi connectivity index (χ0) is 21.0. The van der Waals surface area contributed by atoms with Crippen molar-refractivity contribution in [2.75, 3.05) is 13.2 Å². The number of hydrogen-bond acceptors (Lipinski definition) is 8. The van der Waals surface area contributed by atoms with Gasteiger partial charge in [0.2, 0.25) is 11.6 Å². The molecule has 2 saturated heterocycles. The molecule has 8 nitrogen and oxygen atoms in total. The number of ether oxygens (including phenoxy) is 1. The van der Waals surface area contributed by atoms with Crippen molar-refractivity contribution in [3.8, 4) is 0 Å². The van der Waals surface area contributed by atoms with Gasteiger partial charge in [0.25, 0.3) is 5.91 Å². The summed E-state index contributed by atoms with van der Waals surface area (Å²) in [6, 6.07) is 1.50. The molecule has 2 fully saturated rings. The maximum atomic E-state index is 13.9. The quantitative estimate of drug-likeness (QED) is 0.556. The molecule has 3 atom stereocenters. The Kier molecular flexibility index (Phi) is 4.44. The van der Waals surface area contributed by atoms with E-state index in [4.69, 9.17) is 4.74 Å². The Morgan fingerprint density at radius 2 is 2.03 bits per heavy atom. The van der Waals surface area contributed by atoms with E-state index in [1.165, 1.54) is 12.3 Å². The molecule has 11 heteroatoms. The second-order valence-corrected chi connectivity index (χ2v) is 8.28. The molecule has 4 heterocycles. The van der Waals surface area contributed by atoms with Crippen LogP contribution in [-0.2, 0) is 25.5 Å². The van der Waals surface area contributed by atoms with E-state index in [0.29, 0.717) is 18.2 Å². The highest BCUT2D eigenvalue weighted by Crippen LogP contribution is 2.32. The number of piperazine rings is 1. The van der Waals surface area contributed by atoms with Gasteiger partial charge >= 0.3 is 0 Å². The fraction of sp³-hybridized carbons (Fsp3) is 0.316. The highest BCUT2D eigenvalue weighted by Gasteiger charge is 2.51. The van der Waals surface area contributed by atoms with E-state index in [-0.39, 0.29) is 34.6 Å². The summed E-state index contributed by atoms with van der Waals surface area (Å²) in [5.41, 5.74) is 0.276. The molecule has 0 saturated carbocycles. The van der Waals surface area contributed by atoms with Crippen molar-refractivity contribution in [3.05, 3.63) is 51.6 Å². The molecule has 1 unspecified atom stereocenters. The number of hydrogen-bond donors (Lipinski definition) is 1. The fourth-order valence-corrected chi connectivity index (χ4v) is 4.74. The van der Waals surface area contributed by atoms with Gasteiger partial charge in [0.1, 0.15) is 16.6 Å². The third kappa shape index (κ3) is 3.01. The largest absolute Gasteiger partial charge is 0.377 e. The van der Waals surface area contributed by atoms with Crippen molar-refractivity contribution in [2.24, 2.45) is 0 Å². The number of nitrogens with zero attached hydrogens (tertiary/aromatic N) is 3. The molecule has 30 heavy (non-hydrogen) atoms. The minimum absolute atomic E-state index is 0.0416. The minimum atomic E-state index is -1.22. The summed E-state index contributed by atoms with van der Waals surface area (Å²) in [6.07, 6.45) is 1.54. The molecule has 3 aliphatic heterocycles. The van der Waals surface area contributed by atoms with Crippen molar-refractivity contribution in [1.29, 1.82) is 0 Å². The topological polar surface area (TPSA) is 101 Å². The molecular formula is C19H14F2N4O4S. The van der Waals surface area contributed by atoms with Crippen molar-refractivity contribution in [1.82, 2.24) is 20.4 Å². The molecule has 0 bridgehead atoms. The lowest BCUT2D eigenvalue weighted by molar-refractivity contribution is -0.145. The van der Waals surface area contributed by atoms with Crippen molar-refractivity contribution >= 4 is 34.4 Å². The molecule has 5 rings (SSSR count). The summed E-state index contributed by atoms with van der Waals surface area (Å²) < 4.78 is 32.4. The number of carbonyl (C=O) groups is 3. The summed E-state index contributed by atoms with van der Waals surface area (Å²) >= 11 is 1.04. The molecule has 3 aliphatic rings.